The van der Waals surface area contributed by atoms with E-state index in [2.05, 4.69) is 0 Å². The van der Waals surface area contributed by atoms with Gasteiger partial charge in [-0.25, -0.2) is 0 Å². The number of esters is 2. The molecular formula is C24H34O6. The summed E-state index contributed by atoms with van der Waals surface area (Å²) in [4.78, 5) is 39.3. The molecule has 0 aromatic heterocycles. The normalized spacial score (nSPS) is 27.5. The molecule has 1 aromatic carbocycles. The number of ether oxygens (including phenoxy) is 2. The molecule has 4 atom stereocenters. The summed E-state index contributed by atoms with van der Waals surface area (Å²) in [6.07, 6.45) is -0.330. The molecule has 1 aliphatic rings. The Labute approximate surface area is 179 Å². The zero-order valence-electron chi connectivity index (χ0n) is 19.2. The Morgan fingerprint density at radius 2 is 1.43 bits per heavy atom. The Hall–Kier alpha value is -2.21. The van der Waals surface area contributed by atoms with Gasteiger partial charge < -0.3 is 14.6 Å². The maximum atomic E-state index is 13.2. The van der Waals surface area contributed by atoms with E-state index in [0.717, 1.165) is 5.56 Å². The molecule has 0 unspecified atom stereocenters. The molecule has 0 heterocycles. The van der Waals surface area contributed by atoms with Gasteiger partial charge in [-0.15, -0.1) is 0 Å². The summed E-state index contributed by atoms with van der Waals surface area (Å²) in [5.74, 6) is -4.98. The Morgan fingerprint density at radius 1 is 0.967 bits per heavy atom. The van der Waals surface area contributed by atoms with Gasteiger partial charge in [-0.1, -0.05) is 29.8 Å². The molecule has 0 aliphatic heterocycles. The largest absolute Gasteiger partial charge is 0.460 e. The van der Waals surface area contributed by atoms with Crippen molar-refractivity contribution in [3.05, 3.63) is 35.4 Å². The number of hydrogen-bond acceptors (Lipinski definition) is 6. The summed E-state index contributed by atoms with van der Waals surface area (Å²) in [5.41, 5.74) is -1.63. The van der Waals surface area contributed by atoms with E-state index in [1.54, 1.807) is 53.7 Å². The van der Waals surface area contributed by atoms with Crippen LogP contribution in [0.5, 0.6) is 0 Å². The minimum atomic E-state index is -1.66. The van der Waals surface area contributed by atoms with Gasteiger partial charge in [0.2, 0.25) is 0 Å². The van der Waals surface area contributed by atoms with E-state index in [-0.39, 0.29) is 6.42 Å². The average Bonchev–Trinajstić information content (AvgIpc) is 2.50. The van der Waals surface area contributed by atoms with E-state index in [9.17, 15) is 19.5 Å². The first kappa shape index (κ1) is 24.1. The maximum absolute atomic E-state index is 13.2. The van der Waals surface area contributed by atoms with Crippen molar-refractivity contribution in [2.24, 2.45) is 11.8 Å². The van der Waals surface area contributed by atoms with Gasteiger partial charge in [0.15, 0.2) is 5.78 Å². The number of carbonyl (C=O) groups excluding carboxylic acids is 3. The lowest BCUT2D eigenvalue weighted by Gasteiger charge is -2.44. The third-order valence-corrected chi connectivity index (χ3v) is 5.05. The van der Waals surface area contributed by atoms with Crippen LogP contribution in [0.2, 0.25) is 0 Å². The number of ketones is 1. The fourth-order valence-electron chi connectivity index (χ4n) is 3.93. The lowest BCUT2D eigenvalue weighted by molar-refractivity contribution is -0.182. The molecule has 2 rings (SSSR count). The molecule has 166 valence electrons. The van der Waals surface area contributed by atoms with E-state index in [1.165, 1.54) is 6.92 Å². The van der Waals surface area contributed by atoms with E-state index in [4.69, 9.17) is 9.47 Å². The molecule has 6 heteroatoms. The quantitative estimate of drug-likeness (QED) is 0.594. The van der Waals surface area contributed by atoms with E-state index in [0.29, 0.717) is 5.56 Å². The van der Waals surface area contributed by atoms with Crippen molar-refractivity contribution >= 4 is 17.7 Å². The molecule has 0 amide bonds. The fraction of sp³-hybridized carbons (Fsp3) is 0.625. The Bertz CT molecular complexity index is 808. The highest BCUT2D eigenvalue weighted by Crippen LogP contribution is 2.47. The van der Waals surface area contributed by atoms with Gasteiger partial charge in [-0.3, -0.25) is 14.4 Å². The van der Waals surface area contributed by atoms with E-state index in [1.807, 2.05) is 19.1 Å². The zero-order chi connectivity index (χ0) is 23.1. The van der Waals surface area contributed by atoms with Crippen molar-refractivity contribution in [1.29, 1.82) is 0 Å². The second kappa shape index (κ2) is 8.14. The van der Waals surface area contributed by atoms with Crippen molar-refractivity contribution in [3.8, 4) is 0 Å². The van der Waals surface area contributed by atoms with Crippen LogP contribution in [0.15, 0.2) is 24.3 Å². The highest BCUT2D eigenvalue weighted by atomic mass is 16.6. The fourth-order valence-corrected chi connectivity index (χ4v) is 3.93. The molecule has 1 fully saturated rings. The molecular weight excluding hydrogens is 384 g/mol. The average molecular weight is 419 g/mol. The Balaban J connectivity index is 2.62. The minimum absolute atomic E-state index is 0.330. The molecule has 6 nitrogen and oxygen atoms in total. The first-order valence-electron chi connectivity index (χ1n) is 10.3. The Kier molecular flexibility index (Phi) is 6.53. The predicted molar refractivity (Wildman–Crippen MR) is 113 cm³/mol. The summed E-state index contributed by atoms with van der Waals surface area (Å²) in [7, 11) is 0. The van der Waals surface area contributed by atoms with Gasteiger partial charge in [-0.2, -0.15) is 0 Å². The van der Waals surface area contributed by atoms with Crippen LogP contribution in [0.4, 0.5) is 0 Å². The van der Waals surface area contributed by atoms with E-state index >= 15 is 0 Å². The first-order valence-corrected chi connectivity index (χ1v) is 10.3. The smallest absolute Gasteiger partial charge is 0.317 e. The SMILES string of the molecule is Cc1ccc([C@@H]2[C@H](C(=O)OC(C)(C)C)C(=O)C[C@@](C)(O)[C@H]2C(=O)OC(C)(C)C)cc1. The number of hydrogen-bond donors (Lipinski definition) is 1. The number of benzene rings is 1. The standard InChI is InChI=1S/C24H34O6/c1-14-9-11-15(12-10-14)17-18(20(26)29-22(2,3)4)16(25)13-24(8,28)19(17)21(27)30-23(5,6)7/h9-12,17-19,28H,13H2,1-8H3/t17-,18-,19-,24-/m1/s1. The summed E-state index contributed by atoms with van der Waals surface area (Å²) in [5, 5.41) is 11.1. The van der Waals surface area contributed by atoms with Crippen molar-refractivity contribution < 1.29 is 29.0 Å². The van der Waals surface area contributed by atoms with Gasteiger partial charge in [0.05, 0.1) is 11.5 Å². The first-order chi connectivity index (χ1) is 13.5. The van der Waals surface area contributed by atoms with Crippen LogP contribution in [0.1, 0.15) is 71.9 Å². The molecule has 1 aromatic rings. The highest BCUT2D eigenvalue weighted by Gasteiger charge is 2.57. The number of rotatable bonds is 3. The van der Waals surface area contributed by atoms with Crippen LogP contribution in [0.25, 0.3) is 0 Å². The van der Waals surface area contributed by atoms with Crippen LogP contribution in [0.3, 0.4) is 0 Å². The third kappa shape index (κ3) is 5.69. The summed E-state index contributed by atoms with van der Waals surface area (Å²) in [6.45, 7) is 13.7. The number of aryl methyl sites for hydroxylation is 1. The lowest BCUT2D eigenvalue weighted by Crippen LogP contribution is -2.56. The molecule has 0 radical (unpaired) electrons. The number of aliphatic hydroxyl groups is 1. The third-order valence-electron chi connectivity index (χ3n) is 5.05. The van der Waals surface area contributed by atoms with Gasteiger partial charge in [0.1, 0.15) is 17.1 Å². The molecule has 1 aliphatic carbocycles. The van der Waals surface area contributed by atoms with Gasteiger partial charge >= 0.3 is 11.9 Å². The van der Waals surface area contributed by atoms with E-state index < -0.39 is 52.3 Å². The zero-order valence-corrected chi connectivity index (χ0v) is 19.2. The van der Waals surface area contributed by atoms with Crippen molar-refractivity contribution in [3.63, 3.8) is 0 Å². The molecule has 0 saturated heterocycles. The molecule has 30 heavy (non-hydrogen) atoms. The number of carbonyl (C=O) groups is 3. The number of Topliss-reactive ketones (excluding diaryl/α,β-unsaturated/α-hetero) is 1. The van der Waals surface area contributed by atoms with Gasteiger partial charge in [0.25, 0.3) is 0 Å². The lowest BCUT2D eigenvalue weighted by atomic mass is 9.61. The summed E-state index contributed by atoms with van der Waals surface area (Å²) in [6, 6.07) is 7.26. The van der Waals surface area contributed by atoms with Crippen molar-refractivity contribution in [2.75, 3.05) is 0 Å². The van der Waals surface area contributed by atoms with Gasteiger partial charge in [-0.05, 0) is 61.0 Å². The van der Waals surface area contributed by atoms with Crippen LogP contribution in [-0.2, 0) is 23.9 Å². The summed E-state index contributed by atoms with van der Waals surface area (Å²) < 4.78 is 11.1. The summed E-state index contributed by atoms with van der Waals surface area (Å²) >= 11 is 0. The molecule has 1 N–H and O–H groups in total. The predicted octanol–water partition coefficient (Wildman–Crippen LogP) is 3.72. The molecule has 0 spiro atoms. The van der Waals surface area contributed by atoms with Crippen LogP contribution in [-0.4, -0.2) is 39.6 Å². The van der Waals surface area contributed by atoms with Crippen molar-refractivity contribution in [2.45, 2.75) is 84.5 Å². The van der Waals surface area contributed by atoms with Crippen LogP contribution in [0, 0.1) is 18.8 Å². The monoisotopic (exact) mass is 418 g/mol. The molecule has 1 saturated carbocycles. The Morgan fingerprint density at radius 3 is 1.90 bits per heavy atom. The maximum Gasteiger partial charge on any atom is 0.317 e. The minimum Gasteiger partial charge on any atom is -0.460 e. The van der Waals surface area contributed by atoms with Gasteiger partial charge in [0, 0.05) is 12.3 Å². The van der Waals surface area contributed by atoms with Crippen LogP contribution < -0.4 is 0 Å². The second-order valence-corrected chi connectivity index (χ2v) is 10.5. The van der Waals surface area contributed by atoms with Crippen LogP contribution >= 0.6 is 0 Å². The second-order valence-electron chi connectivity index (χ2n) is 10.5. The highest BCUT2D eigenvalue weighted by molar-refractivity contribution is 6.03. The molecule has 0 bridgehead atoms. The van der Waals surface area contributed by atoms with Crippen molar-refractivity contribution in [1.82, 2.24) is 0 Å². The topological polar surface area (TPSA) is 89.9 Å².